The first-order chi connectivity index (χ1) is 11.1. The Kier molecular flexibility index (Phi) is 7.17. The Balaban J connectivity index is 1.74. The Morgan fingerprint density at radius 3 is 2.57 bits per heavy atom. The van der Waals surface area contributed by atoms with Crippen molar-refractivity contribution in [2.45, 2.75) is 44.7 Å². The quantitative estimate of drug-likeness (QED) is 0.791. The van der Waals surface area contributed by atoms with Gasteiger partial charge < -0.3 is 10.1 Å². The lowest BCUT2D eigenvalue weighted by Crippen LogP contribution is -2.48. The van der Waals surface area contributed by atoms with E-state index in [-0.39, 0.29) is 24.2 Å². The smallest absolute Gasteiger partial charge is 0.251 e. The van der Waals surface area contributed by atoms with E-state index in [9.17, 15) is 13.2 Å². The van der Waals surface area contributed by atoms with Gasteiger partial charge in [-0.2, -0.15) is 0 Å². The number of hydrogen-bond acceptors (Lipinski definition) is 3. The first-order valence-corrected chi connectivity index (χ1v) is 8.22. The lowest BCUT2D eigenvalue weighted by molar-refractivity contribution is 0.0710. The van der Waals surface area contributed by atoms with Crippen LogP contribution in [0.3, 0.4) is 0 Å². The number of piperidine rings is 1. The van der Waals surface area contributed by atoms with Gasteiger partial charge >= 0.3 is 0 Å². The van der Waals surface area contributed by atoms with Crippen LogP contribution < -0.4 is 10.1 Å². The van der Waals surface area contributed by atoms with E-state index in [2.05, 4.69) is 5.32 Å². The van der Waals surface area contributed by atoms with Crippen molar-refractivity contribution in [3.8, 4) is 5.75 Å². The molecule has 0 aromatic heterocycles. The largest absolute Gasteiger partial charge is 0.489 e. The molecule has 0 spiro atoms. The molecule has 3 nitrogen and oxygen atoms in total. The van der Waals surface area contributed by atoms with E-state index in [0.717, 1.165) is 19.3 Å². The second-order valence-electron chi connectivity index (χ2n) is 5.98. The average molecular weight is 330 g/mol. The van der Waals surface area contributed by atoms with E-state index < -0.39 is 6.43 Å². The van der Waals surface area contributed by atoms with Gasteiger partial charge in [0.2, 0.25) is 0 Å². The van der Waals surface area contributed by atoms with Crippen LogP contribution in [0.1, 0.15) is 26.2 Å². The van der Waals surface area contributed by atoms with Gasteiger partial charge in [0.25, 0.3) is 6.43 Å². The maximum Gasteiger partial charge on any atom is 0.251 e. The third-order valence-corrected chi connectivity index (χ3v) is 4.22. The monoisotopic (exact) mass is 330 g/mol. The second-order valence-corrected chi connectivity index (χ2v) is 5.98. The molecule has 1 aliphatic heterocycles. The fourth-order valence-corrected chi connectivity index (χ4v) is 2.85. The molecule has 0 radical (unpaired) electrons. The average Bonchev–Trinajstić information content (AvgIpc) is 2.54. The van der Waals surface area contributed by atoms with Gasteiger partial charge in [0.05, 0.1) is 6.54 Å². The normalized spacial score (nSPS) is 18.3. The highest BCUT2D eigenvalue weighted by Crippen LogP contribution is 2.17. The van der Waals surface area contributed by atoms with E-state index in [4.69, 9.17) is 4.74 Å². The molecule has 6 heteroatoms. The van der Waals surface area contributed by atoms with Crippen molar-refractivity contribution in [3.05, 3.63) is 30.1 Å². The molecule has 0 saturated carbocycles. The van der Waals surface area contributed by atoms with E-state index in [1.807, 2.05) is 6.92 Å². The number of nitrogens with one attached hydrogen (secondary N) is 1. The molecule has 1 aromatic carbocycles. The fraction of sp³-hybridized carbons (Fsp3) is 0.647. The Hall–Kier alpha value is -1.27. The molecule has 1 atom stereocenters. The summed E-state index contributed by atoms with van der Waals surface area (Å²) in [5, 5.41) is 3.51. The van der Waals surface area contributed by atoms with E-state index in [1.54, 1.807) is 23.1 Å². The van der Waals surface area contributed by atoms with Gasteiger partial charge in [-0.3, -0.25) is 4.90 Å². The standard InChI is InChI=1S/C17H25F3N2O/c1-2-13(12-23-16-6-4-3-5-15(16)18)21-14-7-9-22(10-8-14)11-17(19)20/h3-6,13-14,17,21H,2,7-12H2,1H3/t13-/m0/s1. The summed E-state index contributed by atoms with van der Waals surface area (Å²) in [5.74, 6) is -0.0952. The Morgan fingerprint density at radius 2 is 1.96 bits per heavy atom. The molecule has 0 aliphatic carbocycles. The van der Waals surface area contributed by atoms with Gasteiger partial charge in [0.15, 0.2) is 11.6 Å². The van der Waals surface area contributed by atoms with Gasteiger partial charge in [0.1, 0.15) is 6.61 Å². The van der Waals surface area contributed by atoms with Crippen molar-refractivity contribution in [2.24, 2.45) is 0 Å². The number of hydrogen-bond donors (Lipinski definition) is 1. The second kappa shape index (κ2) is 9.13. The molecule has 130 valence electrons. The summed E-state index contributed by atoms with van der Waals surface area (Å²) in [5.41, 5.74) is 0. The number of halogens is 3. The fourth-order valence-electron chi connectivity index (χ4n) is 2.85. The third-order valence-electron chi connectivity index (χ3n) is 4.22. The minimum atomic E-state index is -2.27. The summed E-state index contributed by atoms with van der Waals surface area (Å²) in [6, 6.07) is 6.79. The maximum absolute atomic E-state index is 13.5. The van der Waals surface area contributed by atoms with Crippen molar-refractivity contribution in [1.29, 1.82) is 0 Å². The predicted octanol–water partition coefficient (Wildman–Crippen LogP) is 3.30. The number of benzene rings is 1. The molecular formula is C17H25F3N2O. The van der Waals surface area contributed by atoms with Crippen LogP contribution in [0.25, 0.3) is 0 Å². The van der Waals surface area contributed by atoms with Crippen LogP contribution in [0, 0.1) is 5.82 Å². The summed E-state index contributed by atoms with van der Waals surface area (Å²) in [7, 11) is 0. The first kappa shape index (κ1) is 18.1. The van der Waals surface area contributed by atoms with E-state index >= 15 is 0 Å². The van der Waals surface area contributed by atoms with Crippen LogP contribution in [0.2, 0.25) is 0 Å². The number of rotatable bonds is 8. The van der Waals surface area contributed by atoms with Gasteiger partial charge in [-0.15, -0.1) is 0 Å². The van der Waals surface area contributed by atoms with Gasteiger partial charge in [-0.1, -0.05) is 19.1 Å². The van der Waals surface area contributed by atoms with Gasteiger partial charge in [-0.25, -0.2) is 13.2 Å². The zero-order chi connectivity index (χ0) is 16.7. The van der Waals surface area contributed by atoms with Crippen molar-refractivity contribution in [1.82, 2.24) is 10.2 Å². The maximum atomic E-state index is 13.5. The van der Waals surface area contributed by atoms with Crippen LogP contribution in [0.5, 0.6) is 5.75 Å². The predicted molar refractivity (Wildman–Crippen MR) is 84.6 cm³/mol. The number of alkyl halides is 2. The Labute approximate surface area is 135 Å². The molecule has 2 rings (SSSR count). The van der Waals surface area contributed by atoms with Crippen molar-refractivity contribution < 1.29 is 17.9 Å². The molecule has 1 heterocycles. The summed E-state index contributed by atoms with van der Waals surface area (Å²) < 4.78 is 43.8. The molecule has 1 N–H and O–H groups in total. The molecule has 23 heavy (non-hydrogen) atoms. The molecule has 0 bridgehead atoms. The molecule has 1 aromatic rings. The number of para-hydroxylation sites is 1. The minimum absolute atomic E-state index is 0.126. The zero-order valence-electron chi connectivity index (χ0n) is 13.5. The topological polar surface area (TPSA) is 24.5 Å². The molecule has 0 unspecified atom stereocenters. The number of nitrogens with zero attached hydrogens (tertiary/aromatic N) is 1. The van der Waals surface area contributed by atoms with E-state index in [1.165, 1.54) is 6.07 Å². The molecule has 1 saturated heterocycles. The number of ether oxygens (including phenoxy) is 1. The Bertz CT molecular complexity index is 465. The summed E-state index contributed by atoms with van der Waals surface area (Å²) in [6.45, 7) is 3.68. The highest BCUT2D eigenvalue weighted by atomic mass is 19.3. The van der Waals surface area contributed by atoms with Crippen LogP contribution >= 0.6 is 0 Å². The lowest BCUT2D eigenvalue weighted by Gasteiger charge is -2.34. The number of likely N-dealkylation sites (tertiary alicyclic amines) is 1. The van der Waals surface area contributed by atoms with Gasteiger partial charge in [-0.05, 0) is 44.5 Å². The third kappa shape index (κ3) is 6.03. The minimum Gasteiger partial charge on any atom is -0.489 e. The summed E-state index contributed by atoms with van der Waals surface area (Å²) in [6.07, 6.45) is 0.300. The Morgan fingerprint density at radius 1 is 1.26 bits per heavy atom. The van der Waals surface area contributed by atoms with Crippen LogP contribution in [0.4, 0.5) is 13.2 Å². The lowest BCUT2D eigenvalue weighted by atomic mass is 10.0. The molecular weight excluding hydrogens is 305 g/mol. The van der Waals surface area contributed by atoms with Crippen molar-refractivity contribution in [3.63, 3.8) is 0 Å². The van der Waals surface area contributed by atoms with Crippen molar-refractivity contribution >= 4 is 0 Å². The first-order valence-electron chi connectivity index (χ1n) is 8.22. The zero-order valence-corrected chi connectivity index (χ0v) is 13.5. The van der Waals surface area contributed by atoms with Crippen molar-refractivity contribution in [2.75, 3.05) is 26.2 Å². The molecule has 1 aliphatic rings. The van der Waals surface area contributed by atoms with E-state index in [0.29, 0.717) is 25.7 Å². The highest BCUT2D eigenvalue weighted by Gasteiger charge is 2.23. The van der Waals surface area contributed by atoms with Gasteiger partial charge in [0, 0.05) is 12.1 Å². The summed E-state index contributed by atoms with van der Waals surface area (Å²) >= 11 is 0. The summed E-state index contributed by atoms with van der Waals surface area (Å²) in [4.78, 5) is 1.81. The van der Waals surface area contributed by atoms with Crippen LogP contribution in [-0.4, -0.2) is 49.7 Å². The van der Waals surface area contributed by atoms with Crippen LogP contribution in [-0.2, 0) is 0 Å². The molecule has 1 fully saturated rings. The molecule has 0 amide bonds. The van der Waals surface area contributed by atoms with Crippen LogP contribution in [0.15, 0.2) is 24.3 Å². The SMILES string of the molecule is CC[C@@H](COc1ccccc1F)NC1CCN(CC(F)F)CC1. The highest BCUT2D eigenvalue weighted by molar-refractivity contribution is 5.23.